The predicted molar refractivity (Wildman–Crippen MR) is 55.0 cm³/mol. The lowest BCUT2D eigenvalue weighted by molar-refractivity contribution is 0.393. The number of nitrogens with one attached hydrogen (secondary N) is 1. The van der Waals surface area contributed by atoms with Crippen molar-refractivity contribution < 1.29 is 8.42 Å². The zero-order chi connectivity index (χ0) is 10.3. The highest BCUT2D eigenvalue weighted by Crippen LogP contribution is 2.30. The summed E-state index contributed by atoms with van der Waals surface area (Å²) in [5.74, 6) is 0. The molecule has 4 atom stereocenters. The quantitative estimate of drug-likeness (QED) is 0.553. The fourth-order valence-corrected chi connectivity index (χ4v) is 3.65. The number of hydrogen-bond acceptors (Lipinski definition) is 4. The number of sulfonamides is 1. The van der Waals surface area contributed by atoms with E-state index < -0.39 is 15.3 Å². The normalized spacial score (nSPS) is 45.3. The number of hydrogen-bond donors (Lipinski definition) is 2. The van der Waals surface area contributed by atoms with Crippen LogP contribution >= 0.6 is 11.6 Å². The number of nitrogens with two attached hydrogens (primary N) is 1. The van der Waals surface area contributed by atoms with Gasteiger partial charge in [0.05, 0.1) is 17.8 Å². The van der Waals surface area contributed by atoms with E-state index in [0.29, 0.717) is 12.8 Å². The molecule has 1 aliphatic carbocycles. The molecular formula is C7H12ClN3O2S. The van der Waals surface area contributed by atoms with Gasteiger partial charge >= 0.3 is 0 Å². The number of rotatable bonds is 0. The third kappa shape index (κ3) is 1.62. The summed E-state index contributed by atoms with van der Waals surface area (Å²) in [6.45, 7) is 0. The summed E-state index contributed by atoms with van der Waals surface area (Å²) in [5, 5.41) is -0.695. The maximum atomic E-state index is 11.6. The summed E-state index contributed by atoms with van der Waals surface area (Å²) in [5.41, 5.74) is 5.73. The molecule has 3 N–H and O–H groups in total. The number of aliphatic imine (C=N–C) groups is 1. The van der Waals surface area contributed by atoms with Gasteiger partial charge in [-0.25, -0.2) is 8.42 Å². The topological polar surface area (TPSA) is 84.5 Å². The van der Waals surface area contributed by atoms with Crippen LogP contribution in [-0.2, 0) is 10.0 Å². The van der Waals surface area contributed by atoms with Crippen LogP contribution in [0.5, 0.6) is 0 Å². The van der Waals surface area contributed by atoms with E-state index in [2.05, 4.69) is 9.71 Å². The minimum Gasteiger partial charge on any atom is -0.326 e. The molecule has 0 aromatic heterocycles. The first-order chi connectivity index (χ1) is 6.50. The molecule has 5 nitrogen and oxygen atoms in total. The van der Waals surface area contributed by atoms with Gasteiger partial charge in [0.1, 0.15) is 5.25 Å². The van der Waals surface area contributed by atoms with Gasteiger partial charge in [0, 0.05) is 6.04 Å². The van der Waals surface area contributed by atoms with Crippen molar-refractivity contribution in [2.24, 2.45) is 10.7 Å². The maximum absolute atomic E-state index is 11.6. The molecule has 7 heteroatoms. The average Bonchev–Trinajstić information content (AvgIpc) is 2.08. The Kier molecular flexibility index (Phi) is 2.45. The number of fused-ring (bicyclic) bond motifs is 1. The lowest BCUT2D eigenvalue weighted by Gasteiger charge is -2.36. The predicted octanol–water partition coefficient (Wildman–Crippen LogP) is -0.587. The fourth-order valence-electron chi connectivity index (χ4n) is 1.91. The highest BCUT2D eigenvalue weighted by Gasteiger charge is 2.43. The van der Waals surface area contributed by atoms with E-state index >= 15 is 0 Å². The molecule has 2 aliphatic rings. The van der Waals surface area contributed by atoms with Gasteiger partial charge in [-0.05, 0) is 12.8 Å². The van der Waals surface area contributed by atoms with E-state index in [1.807, 2.05) is 0 Å². The molecule has 0 bridgehead atoms. The van der Waals surface area contributed by atoms with Crippen LogP contribution in [0.1, 0.15) is 12.8 Å². The van der Waals surface area contributed by atoms with Gasteiger partial charge in [0.2, 0.25) is 10.0 Å². The molecule has 80 valence electrons. The van der Waals surface area contributed by atoms with Gasteiger partial charge in [-0.15, -0.1) is 11.6 Å². The number of alkyl halides is 1. The van der Waals surface area contributed by atoms with Crippen LogP contribution in [0.3, 0.4) is 0 Å². The second-order valence-corrected chi connectivity index (χ2v) is 6.19. The molecule has 1 fully saturated rings. The van der Waals surface area contributed by atoms with Crippen LogP contribution in [-0.4, -0.2) is 37.5 Å². The zero-order valence-corrected chi connectivity index (χ0v) is 9.00. The van der Waals surface area contributed by atoms with Crippen LogP contribution in [0.15, 0.2) is 4.99 Å². The molecule has 0 radical (unpaired) electrons. The second-order valence-electron chi connectivity index (χ2n) is 3.70. The fraction of sp³-hybridized carbons (Fsp3) is 0.857. The molecule has 0 amide bonds. The van der Waals surface area contributed by atoms with E-state index in [0.717, 1.165) is 0 Å². The average molecular weight is 238 g/mol. The van der Waals surface area contributed by atoms with Gasteiger partial charge in [-0.1, -0.05) is 0 Å². The van der Waals surface area contributed by atoms with Crippen molar-refractivity contribution in [1.82, 2.24) is 4.72 Å². The third-order valence-electron chi connectivity index (χ3n) is 2.75. The molecule has 1 aliphatic heterocycles. The van der Waals surface area contributed by atoms with E-state index in [4.69, 9.17) is 17.3 Å². The Bertz CT molecular complexity index is 356. The minimum absolute atomic E-state index is 0.179. The third-order valence-corrected chi connectivity index (χ3v) is 4.99. The summed E-state index contributed by atoms with van der Waals surface area (Å²) in [6.07, 6.45) is 2.15. The van der Waals surface area contributed by atoms with Crippen LogP contribution in [0, 0.1) is 0 Å². The Morgan fingerprint density at radius 1 is 1.50 bits per heavy atom. The summed E-state index contributed by atoms with van der Waals surface area (Å²) >= 11 is 5.97. The van der Waals surface area contributed by atoms with Gasteiger partial charge in [0.15, 0.2) is 0 Å². The standard InChI is InChI=1S/C7H12ClN3O2S/c8-4-1-6-7(2-5(4)9)14(12,13)11-3-10-6/h3-7H,1-2,9H2,(H,10,11). The smallest absolute Gasteiger partial charge is 0.238 e. The van der Waals surface area contributed by atoms with E-state index in [1.54, 1.807) is 0 Å². The van der Waals surface area contributed by atoms with Crippen molar-refractivity contribution >= 4 is 28.0 Å². The first-order valence-electron chi connectivity index (χ1n) is 4.43. The van der Waals surface area contributed by atoms with Crippen LogP contribution < -0.4 is 10.5 Å². The van der Waals surface area contributed by atoms with Crippen molar-refractivity contribution in [2.45, 2.75) is 35.6 Å². The van der Waals surface area contributed by atoms with Gasteiger partial charge in [-0.3, -0.25) is 9.71 Å². The first kappa shape index (κ1) is 10.2. The summed E-state index contributed by atoms with van der Waals surface area (Å²) in [6, 6.07) is -0.494. The van der Waals surface area contributed by atoms with Crippen molar-refractivity contribution in [3.63, 3.8) is 0 Å². The number of halogens is 1. The van der Waals surface area contributed by atoms with Crippen LogP contribution in [0.2, 0.25) is 0 Å². The molecule has 0 spiro atoms. The Morgan fingerprint density at radius 3 is 2.93 bits per heavy atom. The molecule has 2 rings (SSSR count). The summed E-state index contributed by atoms with van der Waals surface area (Å²) < 4.78 is 25.4. The van der Waals surface area contributed by atoms with Crippen LogP contribution in [0.4, 0.5) is 0 Å². The Morgan fingerprint density at radius 2 is 2.21 bits per heavy atom. The van der Waals surface area contributed by atoms with Crippen molar-refractivity contribution in [2.75, 3.05) is 0 Å². The van der Waals surface area contributed by atoms with Gasteiger partial charge < -0.3 is 5.73 Å². The van der Waals surface area contributed by atoms with E-state index in [9.17, 15) is 8.42 Å². The van der Waals surface area contributed by atoms with Crippen molar-refractivity contribution in [3.05, 3.63) is 0 Å². The Labute approximate surface area is 87.8 Å². The Balaban J connectivity index is 2.28. The van der Waals surface area contributed by atoms with Crippen LogP contribution in [0.25, 0.3) is 0 Å². The maximum Gasteiger partial charge on any atom is 0.238 e. The van der Waals surface area contributed by atoms with Crippen molar-refractivity contribution in [3.8, 4) is 0 Å². The summed E-state index contributed by atoms with van der Waals surface area (Å²) in [7, 11) is -3.28. The SMILES string of the molecule is NC1CC2C(CC1Cl)N=CNS2(=O)=O. The Hall–Kier alpha value is -0.330. The number of nitrogens with zero attached hydrogens (tertiary/aromatic N) is 1. The molecular weight excluding hydrogens is 226 g/mol. The molecule has 4 unspecified atom stereocenters. The zero-order valence-electron chi connectivity index (χ0n) is 7.43. The second kappa shape index (κ2) is 3.36. The highest BCUT2D eigenvalue weighted by atomic mass is 35.5. The van der Waals surface area contributed by atoms with Crippen molar-refractivity contribution in [1.29, 1.82) is 0 Å². The lowest BCUT2D eigenvalue weighted by atomic mass is 9.91. The molecule has 1 heterocycles. The van der Waals surface area contributed by atoms with E-state index in [-0.39, 0.29) is 17.5 Å². The minimum atomic E-state index is -3.28. The lowest BCUT2D eigenvalue weighted by Crippen LogP contribution is -2.54. The molecule has 0 aromatic carbocycles. The summed E-state index contributed by atoms with van der Waals surface area (Å²) in [4.78, 5) is 4.08. The van der Waals surface area contributed by atoms with E-state index in [1.165, 1.54) is 6.34 Å². The first-order valence-corrected chi connectivity index (χ1v) is 6.41. The highest BCUT2D eigenvalue weighted by molar-refractivity contribution is 7.90. The largest absolute Gasteiger partial charge is 0.326 e. The molecule has 14 heavy (non-hydrogen) atoms. The van der Waals surface area contributed by atoms with Gasteiger partial charge in [-0.2, -0.15) is 0 Å². The monoisotopic (exact) mass is 237 g/mol. The molecule has 1 saturated carbocycles. The molecule has 0 aromatic rings. The van der Waals surface area contributed by atoms with Gasteiger partial charge in [0.25, 0.3) is 0 Å². The molecule has 0 saturated heterocycles.